The highest BCUT2D eigenvalue weighted by Crippen LogP contribution is 2.35. The van der Waals surface area contributed by atoms with Gasteiger partial charge in [-0.15, -0.1) is 0 Å². The molecule has 2 heterocycles. The van der Waals surface area contributed by atoms with Crippen LogP contribution in [0, 0.1) is 0 Å². The monoisotopic (exact) mass is 372 g/mol. The summed E-state index contributed by atoms with van der Waals surface area (Å²) in [6.07, 6.45) is 3.13. The number of rotatable bonds is 4. The Labute approximate surface area is 157 Å². The van der Waals surface area contributed by atoms with Crippen LogP contribution in [0.2, 0.25) is 0 Å². The zero-order valence-corrected chi connectivity index (χ0v) is 15.2. The summed E-state index contributed by atoms with van der Waals surface area (Å²) in [5.74, 6) is -0.657. The molecule has 1 saturated carbocycles. The van der Waals surface area contributed by atoms with Crippen LogP contribution < -0.4 is 15.5 Å². The third-order valence-corrected chi connectivity index (χ3v) is 5.53. The zero-order valence-electron chi connectivity index (χ0n) is 15.2. The fourth-order valence-corrected chi connectivity index (χ4v) is 4.13. The number of imide groups is 1. The number of hydrogen-bond acceptors (Lipinski definition) is 5. The number of carbonyl (C=O) groups excluding carboxylic acids is 3. The maximum Gasteiger partial charge on any atom is 0.325 e. The lowest BCUT2D eigenvalue weighted by molar-refractivity contribution is -0.133. The van der Waals surface area contributed by atoms with Crippen molar-refractivity contribution < 1.29 is 19.1 Å². The first kappa shape index (κ1) is 17.8. The van der Waals surface area contributed by atoms with Crippen molar-refractivity contribution in [3.63, 3.8) is 0 Å². The number of urea groups is 1. The number of carbonyl (C=O) groups is 3. The van der Waals surface area contributed by atoms with Gasteiger partial charge in [0, 0.05) is 13.1 Å². The van der Waals surface area contributed by atoms with Gasteiger partial charge in [0.25, 0.3) is 5.91 Å². The lowest BCUT2D eigenvalue weighted by Crippen LogP contribution is -2.44. The largest absolute Gasteiger partial charge is 0.378 e. The third kappa shape index (κ3) is 3.37. The molecule has 4 rings (SSSR count). The molecular weight excluding hydrogens is 348 g/mol. The van der Waals surface area contributed by atoms with E-state index in [4.69, 9.17) is 4.74 Å². The molecule has 0 aromatic heterocycles. The van der Waals surface area contributed by atoms with Gasteiger partial charge in [0.15, 0.2) is 0 Å². The molecule has 3 aliphatic rings. The fraction of sp³-hybridized carbons (Fsp3) is 0.526. The minimum atomic E-state index is -0.789. The van der Waals surface area contributed by atoms with Crippen LogP contribution >= 0.6 is 0 Å². The number of nitrogens with one attached hydrogen (secondary N) is 2. The van der Waals surface area contributed by atoms with E-state index in [2.05, 4.69) is 15.5 Å². The van der Waals surface area contributed by atoms with Crippen LogP contribution in [0.25, 0.3) is 0 Å². The van der Waals surface area contributed by atoms with Crippen molar-refractivity contribution in [1.29, 1.82) is 0 Å². The van der Waals surface area contributed by atoms with E-state index in [1.54, 1.807) is 0 Å². The Hall–Kier alpha value is -2.61. The molecule has 2 saturated heterocycles. The van der Waals surface area contributed by atoms with E-state index < -0.39 is 11.6 Å². The van der Waals surface area contributed by atoms with E-state index in [0.717, 1.165) is 36.5 Å². The summed E-state index contributed by atoms with van der Waals surface area (Å²) in [5, 5.41) is 5.66. The van der Waals surface area contributed by atoms with Crippen molar-refractivity contribution in [2.75, 3.05) is 43.1 Å². The maximum atomic E-state index is 12.7. The molecule has 1 spiro atoms. The molecule has 2 N–H and O–H groups in total. The molecular formula is C19H24N4O4. The molecule has 1 aromatic carbocycles. The van der Waals surface area contributed by atoms with E-state index >= 15 is 0 Å². The molecule has 1 aromatic rings. The quantitative estimate of drug-likeness (QED) is 0.778. The summed E-state index contributed by atoms with van der Waals surface area (Å²) < 4.78 is 5.38. The number of morpholine rings is 1. The van der Waals surface area contributed by atoms with Gasteiger partial charge in [0.1, 0.15) is 12.1 Å². The Morgan fingerprint density at radius 2 is 1.85 bits per heavy atom. The van der Waals surface area contributed by atoms with Crippen molar-refractivity contribution in [2.45, 2.75) is 31.2 Å². The standard InChI is InChI=1S/C19H24N4O4/c24-16(13-23-17(25)19(21-18(23)26)7-3-4-8-19)20-14-5-1-2-6-15(14)22-9-11-27-12-10-22/h1-2,5-6H,3-4,7-13H2,(H,20,24)(H,21,26). The predicted molar refractivity (Wildman–Crippen MR) is 99.5 cm³/mol. The number of nitrogens with zero attached hydrogens (tertiary/aromatic N) is 2. The Bertz CT molecular complexity index is 754. The molecule has 0 unspecified atom stereocenters. The predicted octanol–water partition coefficient (Wildman–Crippen LogP) is 1.33. The molecule has 0 bridgehead atoms. The highest BCUT2D eigenvalue weighted by molar-refractivity contribution is 6.10. The summed E-state index contributed by atoms with van der Waals surface area (Å²) in [5.41, 5.74) is 0.800. The number of amides is 4. The summed E-state index contributed by atoms with van der Waals surface area (Å²) in [6.45, 7) is 2.52. The second-order valence-electron chi connectivity index (χ2n) is 7.28. The lowest BCUT2D eigenvalue weighted by atomic mass is 9.98. The summed E-state index contributed by atoms with van der Waals surface area (Å²) >= 11 is 0. The SMILES string of the molecule is O=C(CN1C(=O)NC2(CCCC2)C1=O)Nc1ccccc1N1CCOCC1. The third-order valence-electron chi connectivity index (χ3n) is 5.53. The average Bonchev–Trinajstić information content (AvgIpc) is 3.24. The molecule has 8 nitrogen and oxygen atoms in total. The maximum absolute atomic E-state index is 12.7. The molecule has 2 aliphatic heterocycles. The van der Waals surface area contributed by atoms with Crippen LogP contribution in [0.5, 0.6) is 0 Å². The van der Waals surface area contributed by atoms with E-state index in [9.17, 15) is 14.4 Å². The van der Waals surface area contributed by atoms with E-state index in [1.807, 2.05) is 24.3 Å². The molecule has 144 valence electrons. The van der Waals surface area contributed by atoms with Crippen LogP contribution in [0.1, 0.15) is 25.7 Å². The Balaban J connectivity index is 1.44. The second kappa shape index (κ2) is 7.19. The Morgan fingerprint density at radius 1 is 1.15 bits per heavy atom. The molecule has 0 radical (unpaired) electrons. The number of para-hydroxylation sites is 2. The average molecular weight is 372 g/mol. The first-order chi connectivity index (χ1) is 13.1. The minimum absolute atomic E-state index is 0.274. The molecule has 0 atom stereocenters. The van der Waals surface area contributed by atoms with Crippen LogP contribution in [-0.2, 0) is 14.3 Å². The number of benzene rings is 1. The van der Waals surface area contributed by atoms with Crippen molar-refractivity contribution >= 4 is 29.2 Å². The second-order valence-corrected chi connectivity index (χ2v) is 7.28. The van der Waals surface area contributed by atoms with Gasteiger partial charge in [0.2, 0.25) is 5.91 Å². The van der Waals surface area contributed by atoms with Gasteiger partial charge in [-0.2, -0.15) is 0 Å². The van der Waals surface area contributed by atoms with Gasteiger partial charge in [-0.1, -0.05) is 25.0 Å². The van der Waals surface area contributed by atoms with Gasteiger partial charge in [-0.3, -0.25) is 14.5 Å². The molecule has 4 amide bonds. The molecule has 1 aliphatic carbocycles. The highest BCUT2D eigenvalue weighted by Gasteiger charge is 2.52. The van der Waals surface area contributed by atoms with Crippen LogP contribution in [0.4, 0.5) is 16.2 Å². The topological polar surface area (TPSA) is 91.0 Å². The summed E-state index contributed by atoms with van der Waals surface area (Å²) in [7, 11) is 0. The summed E-state index contributed by atoms with van der Waals surface area (Å²) in [4.78, 5) is 40.7. The molecule has 3 fully saturated rings. The van der Waals surface area contributed by atoms with E-state index in [-0.39, 0.29) is 18.4 Å². The Kier molecular flexibility index (Phi) is 4.73. The number of anilines is 2. The van der Waals surface area contributed by atoms with Gasteiger partial charge >= 0.3 is 6.03 Å². The van der Waals surface area contributed by atoms with Gasteiger partial charge in [-0.25, -0.2) is 4.79 Å². The van der Waals surface area contributed by atoms with Gasteiger partial charge < -0.3 is 20.3 Å². The normalized spacial score (nSPS) is 21.6. The first-order valence-electron chi connectivity index (χ1n) is 9.45. The number of hydrogen-bond donors (Lipinski definition) is 2. The van der Waals surface area contributed by atoms with E-state index in [1.165, 1.54) is 0 Å². The van der Waals surface area contributed by atoms with E-state index in [0.29, 0.717) is 31.7 Å². The number of ether oxygens (including phenoxy) is 1. The minimum Gasteiger partial charge on any atom is -0.378 e. The lowest BCUT2D eigenvalue weighted by Gasteiger charge is -2.30. The zero-order chi connectivity index (χ0) is 18.9. The van der Waals surface area contributed by atoms with Gasteiger partial charge in [0.05, 0.1) is 24.6 Å². The van der Waals surface area contributed by atoms with Crippen LogP contribution in [0.15, 0.2) is 24.3 Å². The fourth-order valence-electron chi connectivity index (χ4n) is 4.13. The smallest absolute Gasteiger partial charge is 0.325 e. The first-order valence-corrected chi connectivity index (χ1v) is 9.45. The summed E-state index contributed by atoms with van der Waals surface area (Å²) in [6, 6.07) is 7.07. The molecule has 8 heteroatoms. The van der Waals surface area contributed by atoms with Crippen molar-refractivity contribution in [2.24, 2.45) is 0 Å². The van der Waals surface area contributed by atoms with Gasteiger partial charge in [-0.05, 0) is 25.0 Å². The van der Waals surface area contributed by atoms with Crippen LogP contribution in [0.3, 0.4) is 0 Å². The van der Waals surface area contributed by atoms with Crippen LogP contribution in [-0.4, -0.2) is 61.1 Å². The van der Waals surface area contributed by atoms with Crippen molar-refractivity contribution in [3.8, 4) is 0 Å². The van der Waals surface area contributed by atoms with Crippen molar-refractivity contribution in [3.05, 3.63) is 24.3 Å². The Morgan fingerprint density at radius 3 is 2.59 bits per heavy atom. The molecule has 27 heavy (non-hydrogen) atoms. The van der Waals surface area contributed by atoms with Crippen molar-refractivity contribution in [1.82, 2.24) is 10.2 Å². The highest BCUT2D eigenvalue weighted by atomic mass is 16.5.